The molecule has 0 aliphatic heterocycles. The lowest BCUT2D eigenvalue weighted by Crippen LogP contribution is -2.40. The van der Waals surface area contributed by atoms with E-state index in [0.717, 1.165) is 6.42 Å². The molecule has 18 heavy (non-hydrogen) atoms. The lowest BCUT2D eigenvalue weighted by Gasteiger charge is -2.11. The molecule has 94 valence electrons. The predicted octanol–water partition coefficient (Wildman–Crippen LogP) is 1.41. The maximum Gasteiger partial charge on any atom is 0.313 e. The SMILES string of the molecule is CCC(C)NC(=O)C(=O)Nc1cccc(C#N)c1. The summed E-state index contributed by atoms with van der Waals surface area (Å²) >= 11 is 0. The number of anilines is 1. The number of nitrogens with zero attached hydrogens (tertiary/aromatic N) is 1. The summed E-state index contributed by atoms with van der Waals surface area (Å²) in [5, 5.41) is 13.7. The van der Waals surface area contributed by atoms with Gasteiger partial charge in [-0.1, -0.05) is 13.0 Å². The highest BCUT2D eigenvalue weighted by atomic mass is 16.2. The molecule has 0 saturated heterocycles. The van der Waals surface area contributed by atoms with Crippen molar-refractivity contribution in [3.05, 3.63) is 29.8 Å². The maximum absolute atomic E-state index is 11.6. The van der Waals surface area contributed by atoms with Gasteiger partial charge in [0.05, 0.1) is 11.6 Å². The van der Waals surface area contributed by atoms with E-state index < -0.39 is 11.8 Å². The molecule has 0 radical (unpaired) electrons. The molecule has 1 atom stereocenters. The molecule has 0 aliphatic carbocycles. The zero-order valence-electron chi connectivity index (χ0n) is 10.4. The summed E-state index contributed by atoms with van der Waals surface area (Å²) in [6.45, 7) is 3.74. The van der Waals surface area contributed by atoms with Gasteiger partial charge < -0.3 is 10.6 Å². The Morgan fingerprint density at radius 2 is 2.11 bits per heavy atom. The first-order valence-electron chi connectivity index (χ1n) is 5.68. The summed E-state index contributed by atoms with van der Waals surface area (Å²) in [6.07, 6.45) is 0.753. The van der Waals surface area contributed by atoms with Gasteiger partial charge in [0.25, 0.3) is 0 Å². The number of carbonyl (C=O) groups is 2. The largest absolute Gasteiger partial charge is 0.345 e. The van der Waals surface area contributed by atoms with Crippen LogP contribution in [0.2, 0.25) is 0 Å². The van der Waals surface area contributed by atoms with Crippen LogP contribution >= 0.6 is 0 Å². The third-order valence-electron chi connectivity index (χ3n) is 2.45. The monoisotopic (exact) mass is 245 g/mol. The molecule has 0 bridgehead atoms. The average molecular weight is 245 g/mol. The predicted molar refractivity (Wildman–Crippen MR) is 67.7 cm³/mol. The second-order valence-corrected chi connectivity index (χ2v) is 3.93. The Morgan fingerprint density at radius 3 is 2.72 bits per heavy atom. The molecule has 5 nitrogen and oxygen atoms in total. The van der Waals surface area contributed by atoms with Crippen molar-refractivity contribution in [3.63, 3.8) is 0 Å². The van der Waals surface area contributed by atoms with Gasteiger partial charge in [-0.05, 0) is 31.5 Å². The molecule has 5 heteroatoms. The van der Waals surface area contributed by atoms with Gasteiger partial charge in [0.1, 0.15) is 0 Å². The molecule has 0 fully saturated rings. The third-order valence-corrected chi connectivity index (χ3v) is 2.45. The van der Waals surface area contributed by atoms with Gasteiger partial charge in [-0.2, -0.15) is 5.26 Å². The lowest BCUT2D eigenvalue weighted by atomic mass is 10.2. The van der Waals surface area contributed by atoms with Gasteiger partial charge in [-0.25, -0.2) is 0 Å². The fraction of sp³-hybridized carbons (Fsp3) is 0.308. The van der Waals surface area contributed by atoms with E-state index >= 15 is 0 Å². The highest BCUT2D eigenvalue weighted by Crippen LogP contribution is 2.09. The van der Waals surface area contributed by atoms with E-state index in [2.05, 4.69) is 10.6 Å². The van der Waals surface area contributed by atoms with Crippen molar-refractivity contribution in [1.29, 1.82) is 5.26 Å². The van der Waals surface area contributed by atoms with Crippen LogP contribution in [0.15, 0.2) is 24.3 Å². The molecular weight excluding hydrogens is 230 g/mol. The van der Waals surface area contributed by atoms with E-state index in [4.69, 9.17) is 5.26 Å². The molecule has 1 aromatic rings. The van der Waals surface area contributed by atoms with Gasteiger partial charge in [0, 0.05) is 11.7 Å². The van der Waals surface area contributed by atoms with Crippen molar-refractivity contribution in [2.75, 3.05) is 5.32 Å². The lowest BCUT2D eigenvalue weighted by molar-refractivity contribution is -0.136. The molecule has 0 aliphatic rings. The number of carbonyl (C=O) groups excluding carboxylic acids is 2. The van der Waals surface area contributed by atoms with Crippen molar-refractivity contribution in [1.82, 2.24) is 5.32 Å². The number of benzene rings is 1. The Balaban J connectivity index is 2.64. The Bertz CT molecular complexity index is 491. The van der Waals surface area contributed by atoms with Gasteiger partial charge in [-0.15, -0.1) is 0 Å². The fourth-order valence-corrected chi connectivity index (χ4v) is 1.25. The van der Waals surface area contributed by atoms with Crippen LogP contribution in [0.25, 0.3) is 0 Å². The number of nitriles is 1. The molecule has 0 aromatic heterocycles. The van der Waals surface area contributed by atoms with Crippen molar-refractivity contribution >= 4 is 17.5 Å². The highest BCUT2D eigenvalue weighted by Gasteiger charge is 2.15. The van der Waals surface area contributed by atoms with Crippen molar-refractivity contribution in [3.8, 4) is 6.07 Å². The minimum Gasteiger partial charge on any atom is -0.345 e. The van der Waals surface area contributed by atoms with Gasteiger partial charge in [0.15, 0.2) is 0 Å². The average Bonchev–Trinajstić information content (AvgIpc) is 2.38. The summed E-state index contributed by atoms with van der Waals surface area (Å²) < 4.78 is 0. The summed E-state index contributed by atoms with van der Waals surface area (Å²) in [7, 11) is 0. The van der Waals surface area contributed by atoms with Crippen LogP contribution < -0.4 is 10.6 Å². The quantitative estimate of drug-likeness (QED) is 0.790. The van der Waals surface area contributed by atoms with Crippen LogP contribution in [0, 0.1) is 11.3 Å². The number of amides is 2. The topological polar surface area (TPSA) is 82.0 Å². The Labute approximate surface area is 106 Å². The van der Waals surface area contributed by atoms with Crippen LogP contribution in [-0.4, -0.2) is 17.9 Å². The first-order valence-corrected chi connectivity index (χ1v) is 5.68. The van der Waals surface area contributed by atoms with Crippen molar-refractivity contribution in [2.24, 2.45) is 0 Å². The summed E-state index contributed by atoms with van der Waals surface area (Å²) in [6, 6.07) is 8.30. The third kappa shape index (κ3) is 3.91. The van der Waals surface area contributed by atoms with E-state index in [0.29, 0.717) is 11.3 Å². The van der Waals surface area contributed by atoms with E-state index in [1.54, 1.807) is 18.2 Å². The Hall–Kier alpha value is -2.35. The minimum atomic E-state index is -0.731. The van der Waals surface area contributed by atoms with Crippen LogP contribution in [0.4, 0.5) is 5.69 Å². The molecule has 0 spiro atoms. The summed E-state index contributed by atoms with van der Waals surface area (Å²) in [4.78, 5) is 23.0. The van der Waals surface area contributed by atoms with E-state index in [1.807, 2.05) is 19.9 Å². The number of hydrogen-bond acceptors (Lipinski definition) is 3. The standard InChI is InChI=1S/C13H15N3O2/c1-3-9(2)15-12(17)13(18)16-11-6-4-5-10(7-11)8-14/h4-7,9H,3H2,1-2H3,(H,15,17)(H,16,18). The maximum atomic E-state index is 11.6. The smallest absolute Gasteiger partial charge is 0.313 e. The normalized spacial score (nSPS) is 11.2. The Morgan fingerprint density at radius 1 is 1.39 bits per heavy atom. The van der Waals surface area contributed by atoms with Gasteiger partial charge >= 0.3 is 11.8 Å². The van der Waals surface area contributed by atoms with Crippen LogP contribution in [-0.2, 0) is 9.59 Å². The molecule has 1 rings (SSSR count). The first-order chi connectivity index (χ1) is 8.56. The van der Waals surface area contributed by atoms with Gasteiger partial charge in [-0.3, -0.25) is 9.59 Å². The molecule has 0 heterocycles. The van der Waals surface area contributed by atoms with Crippen LogP contribution in [0.1, 0.15) is 25.8 Å². The second kappa shape index (κ2) is 6.40. The highest BCUT2D eigenvalue weighted by molar-refractivity contribution is 6.39. The molecule has 0 saturated carbocycles. The zero-order valence-corrected chi connectivity index (χ0v) is 10.4. The summed E-state index contributed by atoms with van der Waals surface area (Å²) in [5.41, 5.74) is 0.855. The van der Waals surface area contributed by atoms with E-state index in [-0.39, 0.29) is 6.04 Å². The molecule has 2 amide bonds. The summed E-state index contributed by atoms with van der Waals surface area (Å²) in [5.74, 6) is -1.41. The first kappa shape index (κ1) is 13.7. The van der Waals surface area contributed by atoms with E-state index in [1.165, 1.54) is 6.07 Å². The molecule has 1 unspecified atom stereocenters. The van der Waals surface area contributed by atoms with Crippen LogP contribution in [0.5, 0.6) is 0 Å². The fourth-order valence-electron chi connectivity index (χ4n) is 1.25. The Kier molecular flexibility index (Phi) is 4.88. The number of rotatable bonds is 3. The van der Waals surface area contributed by atoms with Crippen molar-refractivity contribution in [2.45, 2.75) is 26.3 Å². The van der Waals surface area contributed by atoms with Crippen LogP contribution in [0.3, 0.4) is 0 Å². The van der Waals surface area contributed by atoms with E-state index in [9.17, 15) is 9.59 Å². The molecular formula is C13H15N3O2. The van der Waals surface area contributed by atoms with Gasteiger partial charge in [0.2, 0.25) is 0 Å². The molecule has 2 N–H and O–H groups in total. The number of hydrogen-bond donors (Lipinski definition) is 2. The molecule has 1 aromatic carbocycles. The van der Waals surface area contributed by atoms with Crippen molar-refractivity contribution < 1.29 is 9.59 Å². The zero-order chi connectivity index (χ0) is 13.5. The minimum absolute atomic E-state index is 0.0475. The number of nitrogens with one attached hydrogen (secondary N) is 2. The second-order valence-electron chi connectivity index (χ2n) is 3.93.